The number of para-hydroxylation sites is 1. The van der Waals surface area contributed by atoms with Crippen LogP contribution in [0.3, 0.4) is 0 Å². The molecule has 4 nitrogen and oxygen atoms in total. The van der Waals surface area contributed by atoms with Crippen LogP contribution in [0.1, 0.15) is 11.3 Å². The summed E-state index contributed by atoms with van der Waals surface area (Å²) in [4.78, 5) is 7.38. The molecule has 3 aromatic rings. The summed E-state index contributed by atoms with van der Waals surface area (Å²) in [6, 6.07) is 7.82. The van der Waals surface area contributed by atoms with E-state index >= 15 is 0 Å². The van der Waals surface area contributed by atoms with Crippen molar-refractivity contribution in [2.24, 2.45) is 0 Å². The topological polar surface area (TPSA) is 57.4 Å². The second-order valence-electron chi connectivity index (χ2n) is 4.12. The highest BCUT2D eigenvalue weighted by Crippen LogP contribution is 2.18. The summed E-state index contributed by atoms with van der Waals surface area (Å²) in [6.45, 7) is 0.761. The molecule has 0 bridgehead atoms. The normalized spacial score (nSPS) is 10.7. The van der Waals surface area contributed by atoms with E-state index in [4.69, 9.17) is 17.5 Å². The number of aryl methyl sites for hydroxylation is 2. The molecular weight excluding hydrogens is 276 g/mol. The molecule has 94 valence electrons. The maximum absolute atomic E-state index is 9.09. The molecule has 1 aromatic carbocycles. The SMILES string of the molecule is N#Cc1cccc2c1[nH]c(=S)n2CCc1cscn1. The molecule has 2 heterocycles. The number of rotatable bonds is 3. The molecule has 0 aliphatic rings. The molecule has 0 unspecified atom stereocenters. The first-order chi connectivity index (χ1) is 9.29. The number of aromatic nitrogens is 3. The minimum Gasteiger partial charge on any atom is -0.329 e. The van der Waals surface area contributed by atoms with Crippen LogP contribution in [0.25, 0.3) is 11.0 Å². The second-order valence-corrected chi connectivity index (χ2v) is 5.23. The summed E-state index contributed by atoms with van der Waals surface area (Å²) in [7, 11) is 0. The molecule has 19 heavy (non-hydrogen) atoms. The van der Waals surface area contributed by atoms with Crippen LogP contribution in [0, 0.1) is 16.1 Å². The number of nitrogens with one attached hydrogen (secondary N) is 1. The molecule has 0 spiro atoms. The van der Waals surface area contributed by atoms with Crippen molar-refractivity contribution in [1.29, 1.82) is 5.26 Å². The lowest BCUT2D eigenvalue weighted by Gasteiger charge is -2.02. The van der Waals surface area contributed by atoms with Gasteiger partial charge in [0.2, 0.25) is 0 Å². The number of thiazole rings is 1. The maximum Gasteiger partial charge on any atom is 0.178 e. The summed E-state index contributed by atoms with van der Waals surface area (Å²) in [5.74, 6) is 0. The van der Waals surface area contributed by atoms with Crippen LogP contribution in [-0.2, 0) is 13.0 Å². The zero-order valence-corrected chi connectivity index (χ0v) is 11.6. The summed E-state index contributed by atoms with van der Waals surface area (Å²) < 4.78 is 2.66. The largest absolute Gasteiger partial charge is 0.329 e. The van der Waals surface area contributed by atoms with Gasteiger partial charge in [-0.1, -0.05) is 6.07 Å². The van der Waals surface area contributed by atoms with Gasteiger partial charge in [-0.05, 0) is 24.4 Å². The fraction of sp³-hybridized carbons (Fsp3) is 0.154. The van der Waals surface area contributed by atoms with Crippen LogP contribution in [0.5, 0.6) is 0 Å². The Balaban J connectivity index is 2.02. The molecular formula is C13H10N4S2. The Labute approximate surface area is 119 Å². The Morgan fingerprint density at radius 1 is 1.47 bits per heavy atom. The van der Waals surface area contributed by atoms with Gasteiger partial charge in [-0.25, -0.2) is 4.98 Å². The molecule has 0 radical (unpaired) electrons. The van der Waals surface area contributed by atoms with E-state index in [0.29, 0.717) is 10.3 Å². The Hall–Kier alpha value is -1.97. The van der Waals surface area contributed by atoms with Gasteiger partial charge >= 0.3 is 0 Å². The first kappa shape index (κ1) is 12.1. The minimum absolute atomic E-state index is 0.621. The van der Waals surface area contributed by atoms with E-state index < -0.39 is 0 Å². The molecule has 0 saturated carbocycles. The monoisotopic (exact) mass is 286 g/mol. The maximum atomic E-state index is 9.09. The number of fused-ring (bicyclic) bond motifs is 1. The molecule has 0 aliphatic heterocycles. The quantitative estimate of drug-likeness (QED) is 0.752. The summed E-state index contributed by atoms with van der Waals surface area (Å²) >= 11 is 6.93. The first-order valence-corrected chi connectivity index (χ1v) is 7.13. The number of H-pyrrole nitrogens is 1. The van der Waals surface area contributed by atoms with Crippen molar-refractivity contribution in [1.82, 2.24) is 14.5 Å². The summed E-state index contributed by atoms with van der Waals surface area (Å²) in [5.41, 5.74) is 5.30. The Bertz CT molecular complexity index is 805. The highest BCUT2D eigenvalue weighted by Gasteiger charge is 2.08. The van der Waals surface area contributed by atoms with Crippen molar-refractivity contribution in [3.8, 4) is 6.07 Å². The zero-order chi connectivity index (χ0) is 13.2. The van der Waals surface area contributed by atoms with E-state index in [-0.39, 0.29) is 0 Å². The molecule has 1 N–H and O–H groups in total. The van der Waals surface area contributed by atoms with E-state index in [2.05, 4.69) is 16.0 Å². The van der Waals surface area contributed by atoms with Gasteiger partial charge in [-0.3, -0.25) is 0 Å². The fourth-order valence-electron chi connectivity index (χ4n) is 2.08. The minimum atomic E-state index is 0.621. The van der Waals surface area contributed by atoms with Gasteiger partial charge in [0.05, 0.1) is 27.8 Å². The predicted molar refractivity (Wildman–Crippen MR) is 77.7 cm³/mol. The number of benzene rings is 1. The second kappa shape index (κ2) is 4.96. The van der Waals surface area contributed by atoms with Gasteiger partial charge in [0.1, 0.15) is 6.07 Å². The standard InChI is InChI=1S/C13H10N4S2/c14-6-9-2-1-3-11-12(9)16-13(18)17(11)5-4-10-7-19-8-15-10/h1-3,7-8H,4-5H2,(H,16,18). The Morgan fingerprint density at radius 3 is 3.11 bits per heavy atom. The smallest absolute Gasteiger partial charge is 0.178 e. The number of nitriles is 1. The van der Waals surface area contributed by atoms with E-state index in [9.17, 15) is 0 Å². The van der Waals surface area contributed by atoms with E-state index in [1.165, 1.54) is 0 Å². The zero-order valence-electron chi connectivity index (χ0n) is 9.96. The molecule has 0 amide bonds. The predicted octanol–water partition coefficient (Wildman–Crippen LogP) is 3.27. The van der Waals surface area contributed by atoms with E-state index in [0.717, 1.165) is 29.7 Å². The van der Waals surface area contributed by atoms with Crippen LogP contribution in [-0.4, -0.2) is 14.5 Å². The van der Waals surface area contributed by atoms with Crippen LogP contribution < -0.4 is 0 Å². The van der Waals surface area contributed by atoms with Crippen molar-refractivity contribution in [3.63, 3.8) is 0 Å². The molecule has 0 atom stereocenters. The van der Waals surface area contributed by atoms with Gasteiger partial charge in [-0.15, -0.1) is 11.3 Å². The van der Waals surface area contributed by atoms with Gasteiger partial charge in [0.15, 0.2) is 4.77 Å². The third kappa shape index (κ3) is 2.18. The van der Waals surface area contributed by atoms with Gasteiger partial charge in [-0.2, -0.15) is 5.26 Å². The number of imidazole rings is 1. The van der Waals surface area contributed by atoms with Crippen molar-refractivity contribution < 1.29 is 0 Å². The lowest BCUT2D eigenvalue weighted by molar-refractivity contribution is 0.698. The molecule has 2 aromatic heterocycles. The van der Waals surface area contributed by atoms with Crippen molar-refractivity contribution in [2.75, 3.05) is 0 Å². The van der Waals surface area contributed by atoms with Gasteiger partial charge in [0.25, 0.3) is 0 Å². The fourth-order valence-corrected chi connectivity index (χ4v) is 2.97. The lowest BCUT2D eigenvalue weighted by atomic mass is 10.2. The summed E-state index contributed by atoms with van der Waals surface area (Å²) in [5, 5.41) is 11.1. The molecule has 0 fully saturated rings. The number of hydrogen-bond acceptors (Lipinski definition) is 4. The third-order valence-corrected chi connectivity index (χ3v) is 3.96. The average molecular weight is 286 g/mol. The summed E-state index contributed by atoms with van der Waals surface area (Å²) in [6.07, 6.45) is 0.835. The number of hydrogen-bond donors (Lipinski definition) is 1. The van der Waals surface area contributed by atoms with Crippen LogP contribution in [0.15, 0.2) is 29.1 Å². The van der Waals surface area contributed by atoms with Crippen molar-refractivity contribution >= 4 is 34.6 Å². The third-order valence-electron chi connectivity index (χ3n) is 3.01. The first-order valence-electron chi connectivity index (χ1n) is 5.78. The molecule has 0 saturated heterocycles. The van der Waals surface area contributed by atoms with Crippen molar-refractivity contribution in [3.05, 3.63) is 45.1 Å². The number of nitrogens with zero attached hydrogens (tertiary/aromatic N) is 3. The number of aromatic amines is 1. The van der Waals surface area contributed by atoms with Gasteiger partial charge in [0, 0.05) is 18.3 Å². The molecule has 3 rings (SSSR count). The Kier molecular flexibility index (Phi) is 3.15. The molecule has 6 heteroatoms. The van der Waals surface area contributed by atoms with Gasteiger partial charge < -0.3 is 9.55 Å². The highest BCUT2D eigenvalue weighted by molar-refractivity contribution is 7.71. The Morgan fingerprint density at radius 2 is 2.37 bits per heavy atom. The van der Waals surface area contributed by atoms with Crippen LogP contribution in [0.4, 0.5) is 0 Å². The highest BCUT2D eigenvalue weighted by atomic mass is 32.1. The van der Waals surface area contributed by atoms with Crippen LogP contribution >= 0.6 is 23.6 Å². The molecule has 0 aliphatic carbocycles. The average Bonchev–Trinajstić information content (AvgIpc) is 3.03. The van der Waals surface area contributed by atoms with E-state index in [1.807, 2.05) is 27.6 Å². The van der Waals surface area contributed by atoms with Crippen LogP contribution in [0.2, 0.25) is 0 Å². The lowest BCUT2D eigenvalue weighted by Crippen LogP contribution is -2.01. The van der Waals surface area contributed by atoms with E-state index in [1.54, 1.807) is 17.4 Å². The van der Waals surface area contributed by atoms with Crippen molar-refractivity contribution in [2.45, 2.75) is 13.0 Å².